The highest BCUT2D eigenvalue weighted by atomic mass is 16.3. The standard InChI is InChI=1S/C18H22N2O/c21-11-9-18(15-7-8-15)20-13-14-4-3-5-16(12-14)17-6-1-2-10-19-17/h1-6,10,12,15,18,20-21H,7-9,11,13H2. The van der Waals surface area contributed by atoms with E-state index in [1.54, 1.807) is 0 Å². The zero-order chi connectivity index (χ0) is 14.5. The average molecular weight is 282 g/mol. The van der Waals surface area contributed by atoms with Crippen LogP contribution in [0.5, 0.6) is 0 Å². The summed E-state index contributed by atoms with van der Waals surface area (Å²) in [6, 6.07) is 14.9. The van der Waals surface area contributed by atoms with Crippen molar-refractivity contribution in [2.75, 3.05) is 6.61 Å². The molecule has 110 valence electrons. The molecule has 3 nitrogen and oxygen atoms in total. The van der Waals surface area contributed by atoms with Gasteiger partial charge in [-0.25, -0.2) is 0 Å². The molecule has 1 aromatic heterocycles. The number of aromatic nitrogens is 1. The first-order chi connectivity index (χ1) is 10.4. The zero-order valence-electron chi connectivity index (χ0n) is 12.2. The molecule has 0 saturated heterocycles. The van der Waals surface area contributed by atoms with E-state index in [-0.39, 0.29) is 6.61 Å². The van der Waals surface area contributed by atoms with Gasteiger partial charge in [0, 0.05) is 31.0 Å². The average Bonchev–Trinajstić information content (AvgIpc) is 3.37. The number of aliphatic hydroxyl groups is 1. The van der Waals surface area contributed by atoms with Gasteiger partial charge in [0.2, 0.25) is 0 Å². The molecule has 3 heteroatoms. The van der Waals surface area contributed by atoms with E-state index in [2.05, 4.69) is 34.6 Å². The Morgan fingerprint density at radius 3 is 2.81 bits per heavy atom. The van der Waals surface area contributed by atoms with Crippen molar-refractivity contribution in [3.63, 3.8) is 0 Å². The van der Waals surface area contributed by atoms with Gasteiger partial charge in [-0.3, -0.25) is 4.98 Å². The van der Waals surface area contributed by atoms with Gasteiger partial charge >= 0.3 is 0 Å². The summed E-state index contributed by atoms with van der Waals surface area (Å²) in [6.07, 6.45) is 5.27. The van der Waals surface area contributed by atoms with Gasteiger partial charge in [0.15, 0.2) is 0 Å². The SMILES string of the molecule is OCCC(NCc1cccc(-c2ccccn2)c1)C1CC1. The minimum absolute atomic E-state index is 0.266. The Hall–Kier alpha value is -1.71. The van der Waals surface area contributed by atoms with E-state index in [0.717, 1.165) is 30.1 Å². The first kappa shape index (κ1) is 14.2. The van der Waals surface area contributed by atoms with Crippen molar-refractivity contribution in [1.82, 2.24) is 10.3 Å². The largest absolute Gasteiger partial charge is 0.396 e. The monoisotopic (exact) mass is 282 g/mol. The maximum absolute atomic E-state index is 9.16. The van der Waals surface area contributed by atoms with Crippen LogP contribution in [0.15, 0.2) is 48.7 Å². The Balaban J connectivity index is 1.66. The summed E-state index contributed by atoms with van der Waals surface area (Å²) in [4.78, 5) is 4.40. The second-order valence-electron chi connectivity index (χ2n) is 5.75. The number of rotatable bonds is 7. The highest BCUT2D eigenvalue weighted by Gasteiger charge is 2.30. The van der Waals surface area contributed by atoms with Crippen molar-refractivity contribution in [2.45, 2.75) is 31.8 Å². The van der Waals surface area contributed by atoms with Crippen LogP contribution in [0.3, 0.4) is 0 Å². The van der Waals surface area contributed by atoms with Gasteiger partial charge in [-0.15, -0.1) is 0 Å². The van der Waals surface area contributed by atoms with Gasteiger partial charge in [-0.1, -0.05) is 24.3 Å². The number of nitrogens with one attached hydrogen (secondary N) is 1. The molecule has 1 atom stereocenters. The topological polar surface area (TPSA) is 45.1 Å². The van der Waals surface area contributed by atoms with E-state index in [1.807, 2.05) is 24.4 Å². The molecule has 2 aromatic rings. The molecule has 1 aliphatic rings. The maximum atomic E-state index is 9.16. The molecule has 0 spiro atoms. The lowest BCUT2D eigenvalue weighted by Crippen LogP contribution is -2.31. The third-order valence-electron chi connectivity index (χ3n) is 4.09. The van der Waals surface area contributed by atoms with Crippen molar-refractivity contribution in [3.05, 3.63) is 54.2 Å². The van der Waals surface area contributed by atoms with E-state index in [1.165, 1.54) is 18.4 Å². The third kappa shape index (κ3) is 3.90. The quantitative estimate of drug-likeness (QED) is 0.820. The van der Waals surface area contributed by atoms with Gasteiger partial charge in [0.25, 0.3) is 0 Å². The highest BCUT2D eigenvalue weighted by Crippen LogP contribution is 2.34. The van der Waals surface area contributed by atoms with E-state index < -0.39 is 0 Å². The number of pyridine rings is 1. The van der Waals surface area contributed by atoms with Crippen molar-refractivity contribution in [3.8, 4) is 11.3 Å². The Morgan fingerprint density at radius 1 is 1.19 bits per heavy atom. The fourth-order valence-corrected chi connectivity index (χ4v) is 2.77. The second kappa shape index (κ2) is 6.83. The van der Waals surface area contributed by atoms with Gasteiger partial charge in [0.1, 0.15) is 0 Å². The zero-order valence-corrected chi connectivity index (χ0v) is 12.2. The van der Waals surface area contributed by atoms with Crippen LogP contribution in [0.2, 0.25) is 0 Å². The first-order valence-corrected chi connectivity index (χ1v) is 7.71. The summed E-state index contributed by atoms with van der Waals surface area (Å²) in [7, 11) is 0. The number of hydrogen-bond acceptors (Lipinski definition) is 3. The van der Waals surface area contributed by atoms with Crippen molar-refractivity contribution >= 4 is 0 Å². The lowest BCUT2D eigenvalue weighted by molar-refractivity contribution is 0.256. The highest BCUT2D eigenvalue weighted by molar-refractivity contribution is 5.59. The molecular formula is C18H22N2O. The Labute approximate surface area is 126 Å². The third-order valence-corrected chi connectivity index (χ3v) is 4.09. The minimum atomic E-state index is 0.266. The predicted molar refractivity (Wildman–Crippen MR) is 84.7 cm³/mol. The van der Waals surface area contributed by atoms with Crippen molar-refractivity contribution in [1.29, 1.82) is 0 Å². The molecule has 0 aliphatic heterocycles. The van der Waals surface area contributed by atoms with Crippen LogP contribution in [-0.4, -0.2) is 22.7 Å². The molecule has 0 radical (unpaired) electrons. The lowest BCUT2D eigenvalue weighted by atomic mass is 10.1. The minimum Gasteiger partial charge on any atom is -0.396 e. The van der Waals surface area contributed by atoms with E-state index in [9.17, 15) is 0 Å². The second-order valence-corrected chi connectivity index (χ2v) is 5.75. The van der Waals surface area contributed by atoms with Crippen LogP contribution in [-0.2, 0) is 6.54 Å². The number of benzene rings is 1. The molecule has 1 aliphatic carbocycles. The predicted octanol–water partition coefficient (Wildman–Crippen LogP) is 3.00. The summed E-state index contributed by atoms with van der Waals surface area (Å²) in [6.45, 7) is 1.12. The molecule has 0 amide bonds. The molecule has 3 rings (SSSR count). The molecule has 0 bridgehead atoms. The van der Waals surface area contributed by atoms with Crippen LogP contribution in [0.25, 0.3) is 11.3 Å². The summed E-state index contributed by atoms with van der Waals surface area (Å²) in [5.41, 5.74) is 3.43. The normalized spacial score (nSPS) is 15.9. The fraction of sp³-hybridized carbons (Fsp3) is 0.389. The number of nitrogens with zero attached hydrogens (tertiary/aromatic N) is 1. The van der Waals surface area contributed by atoms with Gasteiger partial charge in [-0.2, -0.15) is 0 Å². The lowest BCUT2D eigenvalue weighted by Gasteiger charge is -2.17. The summed E-state index contributed by atoms with van der Waals surface area (Å²) < 4.78 is 0. The summed E-state index contributed by atoms with van der Waals surface area (Å²) >= 11 is 0. The molecule has 21 heavy (non-hydrogen) atoms. The van der Waals surface area contributed by atoms with Gasteiger partial charge < -0.3 is 10.4 Å². The molecule has 1 aromatic carbocycles. The van der Waals surface area contributed by atoms with Crippen LogP contribution in [0.1, 0.15) is 24.8 Å². The molecule has 1 unspecified atom stereocenters. The molecule has 1 saturated carbocycles. The van der Waals surface area contributed by atoms with E-state index in [0.29, 0.717) is 6.04 Å². The van der Waals surface area contributed by atoms with Crippen LogP contribution in [0, 0.1) is 5.92 Å². The molecule has 2 N–H and O–H groups in total. The Bertz CT molecular complexity index is 566. The smallest absolute Gasteiger partial charge is 0.0702 e. The summed E-state index contributed by atoms with van der Waals surface area (Å²) in [5, 5.41) is 12.8. The number of aliphatic hydroxyl groups excluding tert-OH is 1. The molecule has 1 fully saturated rings. The summed E-state index contributed by atoms with van der Waals surface area (Å²) in [5.74, 6) is 0.760. The van der Waals surface area contributed by atoms with Crippen molar-refractivity contribution in [2.24, 2.45) is 5.92 Å². The Kier molecular flexibility index (Phi) is 4.63. The fourth-order valence-electron chi connectivity index (χ4n) is 2.77. The van der Waals surface area contributed by atoms with Gasteiger partial charge in [-0.05, 0) is 48.9 Å². The Morgan fingerprint density at radius 2 is 2.10 bits per heavy atom. The maximum Gasteiger partial charge on any atom is 0.0702 e. The van der Waals surface area contributed by atoms with Crippen molar-refractivity contribution < 1.29 is 5.11 Å². The first-order valence-electron chi connectivity index (χ1n) is 7.71. The molecule has 1 heterocycles. The van der Waals surface area contributed by atoms with E-state index >= 15 is 0 Å². The molecular weight excluding hydrogens is 260 g/mol. The van der Waals surface area contributed by atoms with Crippen LogP contribution >= 0.6 is 0 Å². The number of hydrogen-bond donors (Lipinski definition) is 2. The van der Waals surface area contributed by atoms with Crippen LogP contribution in [0.4, 0.5) is 0 Å². The van der Waals surface area contributed by atoms with Crippen LogP contribution < -0.4 is 5.32 Å². The van der Waals surface area contributed by atoms with E-state index in [4.69, 9.17) is 5.11 Å². The van der Waals surface area contributed by atoms with Gasteiger partial charge in [0.05, 0.1) is 5.69 Å².